The summed E-state index contributed by atoms with van der Waals surface area (Å²) in [5.41, 5.74) is 2.36. The van der Waals surface area contributed by atoms with E-state index in [1.807, 2.05) is 42.5 Å². The van der Waals surface area contributed by atoms with Crippen LogP contribution in [0.15, 0.2) is 64.8 Å². The third-order valence-electron chi connectivity index (χ3n) is 2.82. The van der Waals surface area contributed by atoms with Crippen LogP contribution in [0.25, 0.3) is 0 Å². The third-order valence-corrected chi connectivity index (χ3v) is 2.82. The molecule has 3 rings (SSSR count). The molecule has 0 amide bonds. The molecule has 1 aliphatic rings. The number of benzene rings is 2. The largest absolute Gasteiger partial charge is 0.291 e. The Morgan fingerprint density at radius 1 is 0.941 bits per heavy atom. The SMILES string of the molecule is O=C(c1ccccc1)C1N=Nc2ccccc21. The highest BCUT2D eigenvalue weighted by atomic mass is 16.1. The van der Waals surface area contributed by atoms with Gasteiger partial charge in [-0.15, -0.1) is 0 Å². The van der Waals surface area contributed by atoms with Crippen molar-refractivity contribution in [1.29, 1.82) is 0 Å². The Kier molecular flexibility index (Phi) is 2.29. The van der Waals surface area contributed by atoms with Crippen molar-refractivity contribution in [2.45, 2.75) is 6.04 Å². The fourth-order valence-corrected chi connectivity index (χ4v) is 1.95. The Morgan fingerprint density at radius 3 is 2.47 bits per heavy atom. The summed E-state index contributed by atoms with van der Waals surface area (Å²) in [6.45, 7) is 0. The molecule has 0 aromatic heterocycles. The number of hydrogen-bond acceptors (Lipinski definition) is 3. The second-order valence-electron chi connectivity index (χ2n) is 3.91. The van der Waals surface area contributed by atoms with E-state index in [9.17, 15) is 4.79 Å². The second kappa shape index (κ2) is 3.94. The Hall–Kier alpha value is -2.29. The van der Waals surface area contributed by atoms with E-state index in [1.165, 1.54) is 0 Å². The number of carbonyl (C=O) groups is 1. The van der Waals surface area contributed by atoms with Gasteiger partial charge in [-0.1, -0.05) is 48.5 Å². The maximum absolute atomic E-state index is 12.3. The molecule has 0 radical (unpaired) electrons. The Bertz CT molecular complexity index is 590. The van der Waals surface area contributed by atoms with Gasteiger partial charge in [0, 0.05) is 11.1 Å². The monoisotopic (exact) mass is 222 g/mol. The van der Waals surface area contributed by atoms with Crippen LogP contribution in [-0.2, 0) is 0 Å². The summed E-state index contributed by atoms with van der Waals surface area (Å²) in [6.07, 6.45) is 0. The first-order chi connectivity index (χ1) is 8.36. The minimum Gasteiger partial charge on any atom is -0.291 e. The van der Waals surface area contributed by atoms with Crippen LogP contribution >= 0.6 is 0 Å². The third kappa shape index (κ3) is 1.65. The molecule has 0 saturated heterocycles. The van der Waals surface area contributed by atoms with Crippen molar-refractivity contribution in [2.24, 2.45) is 10.2 Å². The summed E-state index contributed by atoms with van der Waals surface area (Å²) < 4.78 is 0. The number of azo groups is 1. The van der Waals surface area contributed by atoms with E-state index in [1.54, 1.807) is 12.1 Å². The van der Waals surface area contributed by atoms with Crippen LogP contribution in [0.3, 0.4) is 0 Å². The van der Waals surface area contributed by atoms with Gasteiger partial charge in [0.1, 0.15) is 0 Å². The summed E-state index contributed by atoms with van der Waals surface area (Å²) in [5, 5.41) is 8.09. The first-order valence-corrected chi connectivity index (χ1v) is 5.45. The predicted molar refractivity (Wildman–Crippen MR) is 64.5 cm³/mol. The van der Waals surface area contributed by atoms with E-state index in [0.29, 0.717) is 5.56 Å². The van der Waals surface area contributed by atoms with Crippen LogP contribution in [0.2, 0.25) is 0 Å². The molecule has 3 nitrogen and oxygen atoms in total. The molecule has 0 bridgehead atoms. The van der Waals surface area contributed by atoms with Crippen LogP contribution in [0.4, 0.5) is 5.69 Å². The van der Waals surface area contributed by atoms with Crippen molar-refractivity contribution in [3.63, 3.8) is 0 Å². The van der Waals surface area contributed by atoms with Crippen molar-refractivity contribution < 1.29 is 4.79 Å². The van der Waals surface area contributed by atoms with Crippen LogP contribution in [0, 0.1) is 0 Å². The summed E-state index contributed by atoms with van der Waals surface area (Å²) in [5.74, 6) is -0.000648. The topological polar surface area (TPSA) is 41.8 Å². The molecule has 82 valence electrons. The number of ketones is 1. The van der Waals surface area contributed by atoms with E-state index >= 15 is 0 Å². The van der Waals surface area contributed by atoms with Crippen LogP contribution in [-0.4, -0.2) is 5.78 Å². The number of nitrogens with zero attached hydrogens (tertiary/aromatic N) is 2. The maximum Gasteiger partial charge on any atom is 0.193 e. The van der Waals surface area contributed by atoms with E-state index in [0.717, 1.165) is 11.3 Å². The Morgan fingerprint density at radius 2 is 1.65 bits per heavy atom. The van der Waals surface area contributed by atoms with Gasteiger partial charge in [-0.3, -0.25) is 4.79 Å². The maximum atomic E-state index is 12.3. The first kappa shape index (κ1) is 9.90. The molecule has 0 aliphatic carbocycles. The van der Waals surface area contributed by atoms with Crippen LogP contribution < -0.4 is 0 Å². The predicted octanol–water partition coefficient (Wildman–Crippen LogP) is 3.71. The molecule has 0 spiro atoms. The Labute approximate surface area is 98.8 Å². The van der Waals surface area contributed by atoms with Gasteiger partial charge in [0.05, 0.1) is 5.69 Å². The number of fused-ring (bicyclic) bond motifs is 1. The van der Waals surface area contributed by atoms with Crippen molar-refractivity contribution in [1.82, 2.24) is 0 Å². The molecule has 1 unspecified atom stereocenters. The van der Waals surface area contributed by atoms with Gasteiger partial charge < -0.3 is 0 Å². The second-order valence-corrected chi connectivity index (χ2v) is 3.91. The van der Waals surface area contributed by atoms with Crippen LogP contribution in [0.1, 0.15) is 22.0 Å². The number of rotatable bonds is 2. The molecule has 17 heavy (non-hydrogen) atoms. The molecular formula is C14H10N2O. The van der Waals surface area contributed by atoms with E-state index in [-0.39, 0.29) is 5.78 Å². The lowest BCUT2D eigenvalue weighted by molar-refractivity contribution is 0.0962. The molecule has 1 aliphatic heterocycles. The van der Waals surface area contributed by atoms with Gasteiger partial charge in [-0.2, -0.15) is 10.2 Å². The molecule has 0 saturated carbocycles. The zero-order chi connectivity index (χ0) is 11.7. The van der Waals surface area contributed by atoms with Gasteiger partial charge in [-0.05, 0) is 6.07 Å². The zero-order valence-corrected chi connectivity index (χ0v) is 9.08. The fraction of sp³-hybridized carbons (Fsp3) is 0.0714. The van der Waals surface area contributed by atoms with Crippen molar-refractivity contribution in [2.75, 3.05) is 0 Å². The van der Waals surface area contributed by atoms with Crippen LogP contribution in [0.5, 0.6) is 0 Å². The summed E-state index contributed by atoms with van der Waals surface area (Å²) in [6, 6.07) is 16.3. The molecule has 2 aromatic rings. The number of hydrogen-bond donors (Lipinski definition) is 0. The quantitative estimate of drug-likeness (QED) is 0.714. The molecule has 3 heteroatoms. The Balaban J connectivity index is 1.98. The van der Waals surface area contributed by atoms with Gasteiger partial charge in [-0.25, -0.2) is 0 Å². The minimum atomic E-state index is -0.478. The highest BCUT2D eigenvalue weighted by molar-refractivity contribution is 6.01. The van der Waals surface area contributed by atoms with Crippen molar-refractivity contribution >= 4 is 11.5 Å². The average molecular weight is 222 g/mol. The normalized spacial score (nSPS) is 16.8. The van der Waals surface area contributed by atoms with Gasteiger partial charge >= 0.3 is 0 Å². The van der Waals surface area contributed by atoms with Crippen molar-refractivity contribution in [3.8, 4) is 0 Å². The number of Topliss-reactive ketones (excluding diaryl/α,β-unsaturated/α-hetero) is 1. The molecule has 0 N–H and O–H groups in total. The smallest absolute Gasteiger partial charge is 0.193 e. The molecule has 0 fully saturated rings. The lowest BCUT2D eigenvalue weighted by atomic mass is 9.98. The summed E-state index contributed by atoms with van der Waals surface area (Å²) in [4.78, 5) is 12.3. The standard InChI is InChI=1S/C14H10N2O/c17-14(10-6-2-1-3-7-10)13-11-8-4-5-9-12(11)15-16-13/h1-9,13H. The lowest BCUT2D eigenvalue weighted by Gasteiger charge is -2.06. The zero-order valence-electron chi connectivity index (χ0n) is 9.08. The van der Waals surface area contributed by atoms with Gasteiger partial charge in [0.2, 0.25) is 0 Å². The van der Waals surface area contributed by atoms with Gasteiger partial charge in [0.15, 0.2) is 11.8 Å². The molecule has 1 atom stereocenters. The van der Waals surface area contributed by atoms with Gasteiger partial charge in [0.25, 0.3) is 0 Å². The highest BCUT2D eigenvalue weighted by Gasteiger charge is 2.27. The minimum absolute atomic E-state index is 0.000648. The lowest BCUT2D eigenvalue weighted by Crippen LogP contribution is -2.08. The average Bonchev–Trinajstić information content (AvgIpc) is 2.83. The fourth-order valence-electron chi connectivity index (χ4n) is 1.95. The van der Waals surface area contributed by atoms with E-state index in [2.05, 4.69) is 10.2 Å². The first-order valence-electron chi connectivity index (χ1n) is 5.45. The highest BCUT2D eigenvalue weighted by Crippen LogP contribution is 2.36. The molecule has 2 aromatic carbocycles. The molecule has 1 heterocycles. The molecular weight excluding hydrogens is 212 g/mol. The number of carbonyl (C=O) groups excluding carboxylic acids is 1. The van der Waals surface area contributed by atoms with E-state index in [4.69, 9.17) is 0 Å². The van der Waals surface area contributed by atoms with E-state index < -0.39 is 6.04 Å². The van der Waals surface area contributed by atoms with Crippen molar-refractivity contribution in [3.05, 3.63) is 65.7 Å². The summed E-state index contributed by atoms with van der Waals surface area (Å²) in [7, 11) is 0. The summed E-state index contributed by atoms with van der Waals surface area (Å²) >= 11 is 0.